The van der Waals surface area contributed by atoms with E-state index in [1.54, 1.807) is 30.3 Å². The van der Waals surface area contributed by atoms with Gasteiger partial charge < -0.3 is 54.7 Å². The zero-order chi connectivity index (χ0) is 28.6. The van der Waals surface area contributed by atoms with Crippen LogP contribution in [0, 0.1) is 0 Å². The summed E-state index contributed by atoms with van der Waals surface area (Å²) in [5.41, 5.74) is 0.968. The van der Waals surface area contributed by atoms with Crippen LogP contribution >= 0.6 is 0 Å². The highest BCUT2D eigenvalue weighted by Gasteiger charge is 2.45. The van der Waals surface area contributed by atoms with Gasteiger partial charge in [-0.15, -0.1) is 0 Å². The molecule has 7 atom stereocenters. The molecule has 0 aliphatic carbocycles. The van der Waals surface area contributed by atoms with Crippen LogP contribution < -0.4 is 9.47 Å². The van der Waals surface area contributed by atoms with Gasteiger partial charge in [-0.3, -0.25) is 0 Å². The van der Waals surface area contributed by atoms with Gasteiger partial charge in [-0.25, -0.2) is 4.79 Å². The fourth-order valence-corrected chi connectivity index (χ4v) is 4.71. The van der Waals surface area contributed by atoms with Crippen molar-refractivity contribution >= 4 is 5.97 Å². The lowest BCUT2D eigenvalue weighted by Crippen LogP contribution is -2.60. The summed E-state index contributed by atoms with van der Waals surface area (Å²) in [5.74, 6) is -1.62. The first kappa shape index (κ1) is 27.5. The lowest BCUT2D eigenvalue weighted by Gasteiger charge is -2.40. The van der Waals surface area contributed by atoms with Crippen LogP contribution in [0.15, 0.2) is 60.7 Å². The van der Waals surface area contributed by atoms with E-state index in [0.29, 0.717) is 11.1 Å². The van der Waals surface area contributed by atoms with Crippen LogP contribution in [0.5, 0.6) is 28.7 Å². The number of hydrogen-bond donors (Lipinski definition) is 7. The lowest BCUT2D eigenvalue weighted by atomic mass is 9.93. The number of fused-ring (bicyclic) bond motifs is 1. The van der Waals surface area contributed by atoms with Gasteiger partial charge in [0, 0.05) is 29.7 Å². The minimum absolute atomic E-state index is 0.0206. The molecular weight excluding hydrogens is 528 g/mol. The Balaban J connectivity index is 1.50. The molecule has 12 heteroatoms. The number of phenols is 3. The largest absolute Gasteiger partial charge is 0.508 e. The Morgan fingerprint density at radius 2 is 1.65 bits per heavy atom. The van der Waals surface area contributed by atoms with E-state index in [1.807, 2.05) is 0 Å². The van der Waals surface area contributed by atoms with Crippen molar-refractivity contribution in [3.05, 3.63) is 77.4 Å². The monoisotopic (exact) mass is 556 g/mol. The molecule has 12 nitrogen and oxygen atoms in total. The average molecular weight is 557 g/mol. The van der Waals surface area contributed by atoms with Crippen molar-refractivity contribution in [3.63, 3.8) is 0 Å². The molecule has 0 radical (unpaired) electrons. The first-order valence-corrected chi connectivity index (χ1v) is 12.4. The summed E-state index contributed by atoms with van der Waals surface area (Å²) in [6, 6.07) is 14.8. The second kappa shape index (κ2) is 11.2. The van der Waals surface area contributed by atoms with E-state index in [0.717, 1.165) is 0 Å². The smallest absolute Gasteiger partial charge is 0.338 e. The molecule has 1 fully saturated rings. The molecule has 2 aliphatic rings. The SMILES string of the molecule is O=C(OC1Cc2c(OC3OC(CO)C(O)C(O)C3O)cc(O)cc2OC1c1ccc(O)c(O)c1)c1ccccc1. The van der Waals surface area contributed by atoms with Gasteiger partial charge in [-0.05, 0) is 24.3 Å². The van der Waals surface area contributed by atoms with Crippen LogP contribution in [0.25, 0.3) is 0 Å². The number of aromatic hydroxyl groups is 3. The number of aliphatic hydroxyl groups is 4. The summed E-state index contributed by atoms with van der Waals surface area (Å²) in [6.07, 6.45) is -9.75. The van der Waals surface area contributed by atoms with Crippen LogP contribution in [0.3, 0.4) is 0 Å². The number of hydrogen-bond acceptors (Lipinski definition) is 12. The molecule has 7 unspecified atom stereocenters. The van der Waals surface area contributed by atoms with Crippen LogP contribution in [0.2, 0.25) is 0 Å². The Bertz CT molecular complexity index is 1360. The number of carbonyl (C=O) groups is 1. The van der Waals surface area contributed by atoms with Gasteiger partial charge in [0.05, 0.1) is 12.2 Å². The molecule has 1 saturated heterocycles. The number of ether oxygens (including phenoxy) is 4. The van der Waals surface area contributed by atoms with Crippen molar-refractivity contribution in [1.29, 1.82) is 0 Å². The van der Waals surface area contributed by atoms with E-state index >= 15 is 0 Å². The van der Waals surface area contributed by atoms with Gasteiger partial charge in [-0.2, -0.15) is 0 Å². The molecule has 40 heavy (non-hydrogen) atoms. The third kappa shape index (κ3) is 5.35. The molecule has 212 valence electrons. The molecule has 2 heterocycles. The first-order valence-electron chi connectivity index (χ1n) is 12.4. The maximum absolute atomic E-state index is 13.0. The molecule has 0 bridgehead atoms. The highest BCUT2D eigenvalue weighted by Crippen LogP contribution is 2.45. The second-order valence-corrected chi connectivity index (χ2v) is 9.54. The van der Waals surface area contributed by atoms with Crippen LogP contribution in [-0.2, 0) is 15.9 Å². The Labute approximate surface area is 227 Å². The van der Waals surface area contributed by atoms with Crippen molar-refractivity contribution in [1.82, 2.24) is 0 Å². The summed E-state index contributed by atoms with van der Waals surface area (Å²) < 4.78 is 23.2. The number of rotatable bonds is 6. The minimum atomic E-state index is -1.71. The summed E-state index contributed by atoms with van der Waals surface area (Å²) in [7, 11) is 0. The maximum Gasteiger partial charge on any atom is 0.338 e. The molecule has 2 aliphatic heterocycles. The quantitative estimate of drug-likeness (QED) is 0.168. The highest BCUT2D eigenvalue weighted by molar-refractivity contribution is 5.89. The summed E-state index contributed by atoms with van der Waals surface area (Å²) in [5, 5.41) is 70.4. The van der Waals surface area contributed by atoms with Crippen LogP contribution in [-0.4, -0.2) is 85.1 Å². The molecule has 0 amide bonds. The van der Waals surface area contributed by atoms with Crippen molar-refractivity contribution < 1.29 is 59.5 Å². The Kier molecular flexibility index (Phi) is 7.70. The number of carbonyl (C=O) groups excluding carboxylic acids is 1. The van der Waals surface area contributed by atoms with E-state index in [9.17, 15) is 40.5 Å². The topological polar surface area (TPSA) is 196 Å². The van der Waals surface area contributed by atoms with E-state index < -0.39 is 61.2 Å². The number of aliphatic hydroxyl groups excluding tert-OH is 4. The molecule has 0 spiro atoms. The normalized spacial score (nSPS) is 27.8. The van der Waals surface area contributed by atoms with Crippen molar-refractivity contribution in [3.8, 4) is 28.7 Å². The van der Waals surface area contributed by atoms with Crippen molar-refractivity contribution in [2.24, 2.45) is 0 Å². The van der Waals surface area contributed by atoms with Gasteiger partial charge in [-0.1, -0.05) is 24.3 Å². The zero-order valence-electron chi connectivity index (χ0n) is 20.9. The van der Waals surface area contributed by atoms with Crippen molar-refractivity contribution in [2.45, 2.75) is 49.3 Å². The van der Waals surface area contributed by atoms with Gasteiger partial charge in [0.15, 0.2) is 17.6 Å². The van der Waals surface area contributed by atoms with Crippen molar-refractivity contribution in [2.75, 3.05) is 6.61 Å². The minimum Gasteiger partial charge on any atom is -0.508 e. The van der Waals surface area contributed by atoms with E-state index in [1.165, 1.54) is 30.3 Å². The standard InChI is InChI=1S/C28H28O12/c29-12-22-23(33)24(34)25(35)28(40-22)39-20-10-15(30)9-19-16(20)11-21(38-27(36)13-4-2-1-3-5-13)26(37-19)14-6-7-17(31)18(32)8-14/h1-10,21-26,28-35H,11-12H2. The lowest BCUT2D eigenvalue weighted by molar-refractivity contribution is -0.277. The van der Waals surface area contributed by atoms with Crippen LogP contribution in [0.4, 0.5) is 0 Å². The number of phenolic OH excluding ortho intramolecular Hbond substituents is 3. The Hall–Kier alpha value is -4.07. The Morgan fingerprint density at radius 3 is 2.35 bits per heavy atom. The van der Waals surface area contributed by atoms with Gasteiger partial charge in [0.1, 0.15) is 47.8 Å². The van der Waals surface area contributed by atoms with E-state index in [-0.39, 0.29) is 35.0 Å². The van der Waals surface area contributed by atoms with Gasteiger partial charge >= 0.3 is 5.97 Å². The molecule has 5 rings (SSSR count). The third-order valence-electron chi connectivity index (χ3n) is 6.84. The summed E-state index contributed by atoms with van der Waals surface area (Å²) in [6.45, 7) is -0.662. The first-order chi connectivity index (χ1) is 19.2. The van der Waals surface area contributed by atoms with Gasteiger partial charge in [0.25, 0.3) is 0 Å². The predicted molar refractivity (Wildman–Crippen MR) is 135 cm³/mol. The van der Waals surface area contributed by atoms with Crippen LogP contribution in [0.1, 0.15) is 27.6 Å². The van der Waals surface area contributed by atoms with Gasteiger partial charge in [0.2, 0.25) is 6.29 Å². The molecule has 0 aromatic heterocycles. The summed E-state index contributed by atoms with van der Waals surface area (Å²) >= 11 is 0. The maximum atomic E-state index is 13.0. The van der Waals surface area contributed by atoms with E-state index in [2.05, 4.69) is 0 Å². The molecule has 0 saturated carbocycles. The molecule has 7 N–H and O–H groups in total. The highest BCUT2D eigenvalue weighted by atomic mass is 16.7. The molecule has 3 aromatic rings. The fraction of sp³-hybridized carbons (Fsp3) is 0.321. The molecule has 3 aromatic carbocycles. The predicted octanol–water partition coefficient (Wildman–Crippen LogP) is 0.884. The number of esters is 1. The number of benzene rings is 3. The Morgan fingerprint density at radius 1 is 0.900 bits per heavy atom. The van der Waals surface area contributed by atoms with E-state index in [4.69, 9.17) is 18.9 Å². The fourth-order valence-electron chi connectivity index (χ4n) is 4.71. The molecular formula is C28H28O12. The summed E-state index contributed by atoms with van der Waals surface area (Å²) in [4.78, 5) is 13.0. The second-order valence-electron chi connectivity index (χ2n) is 9.54. The average Bonchev–Trinajstić information content (AvgIpc) is 2.95. The third-order valence-corrected chi connectivity index (χ3v) is 6.84. The zero-order valence-corrected chi connectivity index (χ0v) is 20.9.